The first kappa shape index (κ1) is 9.23. The second-order valence-electron chi connectivity index (χ2n) is 3.54. The number of aliphatic hydroxyl groups excluding tert-OH is 1. The van der Waals surface area contributed by atoms with E-state index in [-0.39, 0.29) is 6.10 Å². The van der Waals surface area contributed by atoms with Gasteiger partial charge in [-0.1, -0.05) is 0 Å². The molecule has 1 saturated carbocycles. The largest absolute Gasteiger partial charge is 0.393 e. The smallest absolute Gasteiger partial charge is 0.141 e. The molecule has 5 heteroatoms. The molecule has 5 nitrogen and oxygen atoms in total. The molecular weight excluding hydrogens is 180 g/mol. The molecule has 1 aromatic heterocycles. The van der Waals surface area contributed by atoms with Gasteiger partial charge in [-0.25, -0.2) is 10.8 Å². The molecule has 0 spiro atoms. The lowest BCUT2D eigenvalue weighted by atomic mass is 9.89. The Morgan fingerprint density at radius 3 is 2.93 bits per heavy atom. The van der Waals surface area contributed by atoms with Crippen LogP contribution in [0.25, 0.3) is 0 Å². The summed E-state index contributed by atoms with van der Waals surface area (Å²) in [6.45, 7) is 0. The number of anilines is 2. The number of nitrogens with one attached hydrogen (secondary N) is 2. The van der Waals surface area contributed by atoms with Gasteiger partial charge in [0, 0.05) is 24.0 Å². The number of aromatic nitrogens is 1. The third kappa shape index (κ3) is 1.94. The van der Waals surface area contributed by atoms with E-state index in [0.717, 1.165) is 18.5 Å². The van der Waals surface area contributed by atoms with Crippen LogP contribution in [0.1, 0.15) is 12.8 Å². The Morgan fingerprint density at radius 2 is 2.29 bits per heavy atom. The van der Waals surface area contributed by atoms with Gasteiger partial charge < -0.3 is 15.8 Å². The molecule has 2 rings (SSSR count). The van der Waals surface area contributed by atoms with E-state index < -0.39 is 0 Å². The van der Waals surface area contributed by atoms with Crippen LogP contribution >= 0.6 is 0 Å². The number of hydrogen-bond donors (Lipinski definition) is 4. The quantitative estimate of drug-likeness (QED) is 0.411. The molecule has 0 bridgehead atoms. The van der Waals surface area contributed by atoms with Gasteiger partial charge in [0.05, 0.1) is 6.10 Å². The van der Waals surface area contributed by atoms with Crippen molar-refractivity contribution in [3.05, 3.63) is 18.3 Å². The summed E-state index contributed by atoms with van der Waals surface area (Å²) in [5.74, 6) is 5.87. The molecule has 5 N–H and O–H groups in total. The molecule has 14 heavy (non-hydrogen) atoms. The SMILES string of the molecule is NNc1cc(NC2CC(O)C2)ccn1. The van der Waals surface area contributed by atoms with Gasteiger partial charge in [0.1, 0.15) is 5.82 Å². The fourth-order valence-electron chi connectivity index (χ4n) is 1.54. The molecule has 1 aromatic rings. The van der Waals surface area contributed by atoms with Crippen molar-refractivity contribution in [2.45, 2.75) is 25.0 Å². The van der Waals surface area contributed by atoms with Crippen LogP contribution < -0.4 is 16.6 Å². The summed E-state index contributed by atoms with van der Waals surface area (Å²) in [4.78, 5) is 4.00. The number of nitrogens with zero attached hydrogens (tertiary/aromatic N) is 1. The normalized spacial score (nSPS) is 25.3. The number of aliphatic hydroxyl groups is 1. The van der Waals surface area contributed by atoms with Crippen LogP contribution in [0.4, 0.5) is 11.5 Å². The van der Waals surface area contributed by atoms with E-state index in [9.17, 15) is 0 Å². The zero-order valence-corrected chi connectivity index (χ0v) is 7.77. The number of nitrogen functional groups attached to an aromatic ring is 1. The summed E-state index contributed by atoms with van der Waals surface area (Å²) in [7, 11) is 0. The van der Waals surface area contributed by atoms with Crippen LogP contribution in [0.2, 0.25) is 0 Å². The van der Waals surface area contributed by atoms with E-state index in [2.05, 4.69) is 15.7 Å². The Balaban J connectivity index is 1.95. The van der Waals surface area contributed by atoms with Crippen molar-refractivity contribution in [3.63, 3.8) is 0 Å². The maximum atomic E-state index is 9.11. The molecule has 0 radical (unpaired) electrons. The first-order valence-electron chi connectivity index (χ1n) is 4.65. The molecule has 0 saturated heterocycles. The second-order valence-corrected chi connectivity index (χ2v) is 3.54. The predicted octanol–water partition coefficient (Wildman–Crippen LogP) is 0.302. The molecule has 0 aromatic carbocycles. The monoisotopic (exact) mass is 194 g/mol. The number of rotatable bonds is 3. The van der Waals surface area contributed by atoms with Gasteiger partial charge >= 0.3 is 0 Å². The van der Waals surface area contributed by atoms with Crippen molar-refractivity contribution in [1.82, 2.24) is 4.98 Å². The maximum absolute atomic E-state index is 9.11. The molecule has 0 aliphatic heterocycles. The van der Waals surface area contributed by atoms with Crippen molar-refractivity contribution >= 4 is 11.5 Å². The Morgan fingerprint density at radius 1 is 1.50 bits per heavy atom. The van der Waals surface area contributed by atoms with Crippen molar-refractivity contribution in [2.24, 2.45) is 5.84 Å². The van der Waals surface area contributed by atoms with Gasteiger partial charge in [0.15, 0.2) is 0 Å². The maximum Gasteiger partial charge on any atom is 0.141 e. The molecule has 1 aliphatic rings. The van der Waals surface area contributed by atoms with E-state index in [1.54, 1.807) is 6.20 Å². The molecule has 0 atom stereocenters. The Hall–Kier alpha value is -1.33. The minimum atomic E-state index is -0.138. The lowest BCUT2D eigenvalue weighted by Gasteiger charge is -2.32. The van der Waals surface area contributed by atoms with Gasteiger partial charge in [0.25, 0.3) is 0 Å². The molecular formula is C9H14N4O. The highest BCUT2D eigenvalue weighted by Crippen LogP contribution is 2.24. The van der Waals surface area contributed by atoms with E-state index in [1.807, 2.05) is 12.1 Å². The average molecular weight is 194 g/mol. The van der Waals surface area contributed by atoms with Gasteiger partial charge in [-0.15, -0.1) is 0 Å². The summed E-state index contributed by atoms with van der Waals surface area (Å²) >= 11 is 0. The number of pyridine rings is 1. The van der Waals surface area contributed by atoms with Crippen molar-refractivity contribution in [2.75, 3.05) is 10.7 Å². The van der Waals surface area contributed by atoms with Crippen LogP contribution in [0.3, 0.4) is 0 Å². The van der Waals surface area contributed by atoms with E-state index >= 15 is 0 Å². The third-order valence-corrected chi connectivity index (χ3v) is 2.39. The first-order chi connectivity index (χ1) is 6.78. The van der Waals surface area contributed by atoms with E-state index in [1.165, 1.54) is 0 Å². The van der Waals surface area contributed by atoms with Gasteiger partial charge in [-0.2, -0.15) is 0 Å². The summed E-state index contributed by atoms with van der Waals surface area (Å²) < 4.78 is 0. The van der Waals surface area contributed by atoms with Crippen LogP contribution in [0.5, 0.6) is 0 Å². The minimum absolute atomic E-state index is 0.138. The van der Waals surface area contributed by atoms with Crippen LogP contribution in [-0.2, 0) is 0 Å². The van der Waals surface area contributed by atoms with Crippen LogP contribution in [-0.4, -0.2) is 22.2 Å². The van der Waals surface area contributed by atoms with Crippen molar-refractivity contribution < 1.29 is 5.11 Å². The highest BCUT2D eigenvalue weighted by Gasteiger charge is 2.26. The highest BCUT2D eigenvalue weighted by molar-refractivity contribution is 5.52. The van der Waals surface area contributed by atoms with E-state index in [4.69, 9.17) is 10.9 Å². The van der Waals surface area contributed by atoms with Crippen LogP contribution in [0, 0.1) is 0 Å². The zero-order valence-electron chi connectivity index (χ0n) is 7.77. The summed E-state index contributed by atoms with van der Waals surface area (Å²) in [5, 5.41) is 12.4. The van der Waals surface area contributed by atoms with E-state index in [0.29, 0.717) is 11.9 Å². The zero-order chi connectivity index (χ0) is 9.97. The Bertz CT molecular complexity index is 311. The van der Waals surface area contributed by atoms with Crippen molar-refractivity contribution in [3.8, 4) is 0 Å². The van der Waals surface area contributed by atoms with Gasteiger partial charge in [0.2, 0.25) is 0 Å². The molecule has 0 amide bonds. The summed E-state index contributed by atoms with van der Waals surface area (Å²) in [6.07, 6.45) is 3.18. The number of hydrogen-bond acceptors (Lipinski definition) is 5. The number of nitrogens with two attached hydrogens (primary N) is 1. The molecule has 1 aliphatic carbocycles. The topological polar surface area (TPSA) is 83.2 Å². The fraction of sp³-hybridized carbons (Fsp3) is 0.444. The second kappa shape index (κ2) is 3.81. The lowest BCUT2D eigenvalue weighted by molar-refractivity contribution is 0.0836. The third-order valence-electron chi connectivity index (χ3n) is 2.39. The minimum Gasteiger partial charge on any atom is -0.393 e. The van der Waals surface area contributed by atoms with Gasteiger partial charge in [-0.3, -0.25) is 0 Å². The van der Waals surface area contributed by atoms with Crippen molar-refractivity contribution in [1.29, 1.82) is 0 Å². The number of hydrazine groups is 1. The van der Waals surface area contributed by atoms with Gasteiger partial charge in [-0.05, 0) is 18.9 Å². The summed E-state index contributed by atoms with van der Waals surface area (Å²) in [6, 6.07) is 4.09. The molecule has 1 fully saturated rings. The standard InChI is InChI=1S/C9H14N4O/c10-13-9-5-6(1-2-11-9)12-7-3-8(14)4-7/h1-2,5,7-8,14H,3-4,10H2,(H2,11,12,13). The molecule has 1 heterocycles. The first-order valence-corrected chi connectivity index (χ1v) is 4.65. The highest BCUT2D eigenvalue weighted by atomic mass is 16.3. The average Bonchev–Trinajstić information content (AvgIpc) is 2.16. The Labute approximate surface area is 82.3 Å². The molecule has 0 unspecified atom stereocenters. The predicted molar refractivity (Wildman–Crippen MR) is 54.7 cm³/mol. The van der Waals surface area contributed by atoms with Crippen LogP contribution in [0.15, 0.2) is 18.3 Å². The summed E-state index contributed by atoms with van der Waals surface area (Å²) in [5.41, 5.74) is 3.46. The molecule has 76 valence electrons. The fourth-order valence-corrected chi connectivity index (χ4v) is 1.54. The Kier molecular flexibility index (Phi) is 2.51. The lowest BCUT2D eigenvalue weighted by Crippen LogP contribution is -2.38.